The summed E-state index contributed by atoms with van der Waals surface area (Å²) in [7, 11) is 0. The molecule has 0 unspecified atom stereocenters. The number of hydrogen-bond acceptors (Lipinski definition) is 3. The van der Waals surface area contributed by atoms with Crippen LogP contribution in [-0.4, -0.2) is 17.7 Å². The lowest BCUT2D eigenvalue weighted by Crippen LogP contribution is -2.05. The summed E-state index contributed by atoms with van der Waals surface area (Å²) in [6.07, 6.45) is 0. The van der Waals surface area contributed by atoms with Gasteiger partial charge >= 0.3 is 5.97 Å². The fourth-order valence-corrected chi connectivity index (χ4v) is 1.72. The predicted molar refractivity (Wildman–Crippen MR) is 69.5 cm³/mol. The van der Waals surface area contributed by atoms with Crippen molar-refractivity contribution in [3.63, 3.8) is 0 Å². The molecule has 2 aromatic carbocycles. The first-order valence-electron chi connectivity index (χ1n) is 5.78. The Bertz CT molecular complexity index is 547. The van der Waals surface area contributed by atoms with Gasteiger partial charge in [-0.25, -0.2) is 4.79 Å². The molecule has 0 amide bonds. The third kappa shape index (κ3) is 2.51. The Labute approximate surface area is 106 Å². The van der Waals surface area contributed by atoms with Crippen molar-refractivity contribution in [2.24, 2.45) is 0 Å². The molecule has 0 atom stereocenters. The zero-order chi connectivity index (χ0) is 13.0. The molecule has 92 valence electrons. The predicted octanol–water partition coefficient (Wildman–Crippen LogP) is 3.24. The molecule has 18 heavy (non-hydrogen) atoms. The average molecular weight is 242 g/mol. The molecule has 0 aliphatic carbocycles. The van der Waals surface area contributed by atoms with Gasteiger partial charge in [0.1, 0.15) is 11.3 Å². The van der Waals surface area contributed by atoms with E-state index in [9.17, 15) is 9.90 Å². The summed E-state index contributed by atoms with van der Waals surface area (Å²) in [5, 5.41) is 9.68. The maximum absolute atomic E-state index is 11.7. The standard InChI is InChI=1S/C15H14O3/c1-2-18-15(17)13-10-12(8-9-14(13)16)11-6-4-3-5-7-11/h3-10,16H,2H2,1H3. The molecule has 0 aliphatic heterocycles. The number of rotatable bonds is 3. The minimum atomic E-state index is -0.507. The normalized spacial score (nSPS) is 10.1. The zero-order valence-corrected chi connectivity index (χ0v) is 10.1. The highest BCUT2D eigenvalue weighted by Crippen LogP contribution is 2.26. The molecular formula is C15H14O3. The van der Waals surface area contributed by atoms with Crippen LogP contribution in [0.4, 0.5) is 0 Å². The van der Waals surface area contributed by atoms with E-state index in [0.29, 0.717) is 0 Å². The van der Waals surface area contributed by atoms with Crippen LogP contribution < -0.4 is 0 Å². The molecule has 2 rings (SSSR count). The zero-order valence-electron chi connectivity index (χ0n) is 10.1. The Hall–Kier alpha value is -2.29. The summed E-state index contributed by atoms with van der Waals surface area (Å²) in [4.78, 5) is 11.7. The smallest absolute Gasteiger partial charge is 0.341 e. The topological polar surface area (TPSA) is 46.5 Å². The maximum atomic E-state index is 11.7. The van der Waals surface area contributed by atoms with Gasteiger partial charge in [0.05, 0.1) is 6.61 Å². The van der Waals surface area contributed by atoms with Gasteiger partial charge in [-0.3, -0.25) is 0 Å². The number of phenolic OH excluding ortho intramolecular Hbond substituents is 1. The first-order valence-corrected chi connectivity index (χ1v) is 5.78. The van der Waals surface area contributed by atoms with E-state index in [2.05, 4.69) is 0 Å². The number of aromatic hydroxyl groups is 1. The van der Waals surface area contributed by atoms with E-state index in [1.54, 1.807) is 19.1 Å². The molecule has 0 aliphatic rings. The molecule has 0 saturated carbocycles. The van der Waals surface area contributed by atoms with Crippen molar-refractivity contribution in [2.45, 2.75) is 6.92 Å². The number of benzene rings is 2. The van der Waals surface area contributed by atoms with Crippen molar-refractivity contribution >= 4 is 5.97 Å². The van der Waals surface area contributed by atoms with Gasteiger partial charge in [-0.1, -0.05) is 36.4 Å². The van der Waals surface area contributed by atoms with Crippen LogP contribution in [0.3, 0.4) is 0 Å². The van der Waals surface area contributed by atoms with Crippen LogP contribution in [-0.2, 0) is 4.74 Å². The third-order valence-electron chi connectivity index (χ3n) is 2.60. The van der Waals surface area contributed by atoms with Gasteiger partial charge in [-0.05, 0) is 30.2 Å². The van der Waals surface area contributed by atoms with Crippen LogP contribution in [0.15, 0.2) is 48.5 Å². The highest BCUT2D eigenvalue weighted by Gasteiger charge is 2.13. The quantitative estimate of drug-likeness (QED) is 0.840. The second-order valence-electron chi connectivity index (χ2n) is 3.82. The summed E-state index contributed by atoms with van der Waals surface area (Å²) >= 11 is 0. The molecule has 3 heteroatoms. The van der Waals surface area contributed by atoms with Crippen LogP contribution in [0.25, 0.3) is 11.1 Å². The van der Waals surface area contributed by atoms with Crippen molar-refractivity contribution in [3.05, 3.63) is 54.1 Å². The number of hydrogen-bond donors (Lipinski definition) is 1. The number of esters is 1. The molecule has 0 radical (unpaired) electrons. The summed E-state index contributed by atoms with van der Waals surface area (Å²) < 4.78 is 4.90. The number of phenols is 1. The highest BCUT2D eigenvalue weighted by molar-refractivity contribution is 5.94. The van der Waals surface area contributed by atoms with E-state index in [0.717, 1.165) is 11.1 Å². The lowest BCUT2D eigenvalue weighted by molar-refractivity contribution is 0.0523. The van der Waals surface area contributed by atoms with Crippen molar-refractivity contribution in [1.82, 2.24) is 0 Å². The maximum Gasteiger partial charge on any atom is 0.341 e. The van der Waals surface area contributed by atoms with E-state index in [1.165, 1.54) is 6.07 Å². The third-order valence-corrected chi connectivity index (χ3v) is 2.60. The lowest BCUT2D eigenvalue weighted by atomic mass is 10.0. The molecular weight excluding hydrogens is 228 g/mol. The SMILES string of the molecule is CCOC(=O)c1cc(-c2ccccc2)ccc1O. The number of ether oxygens (including phenoxy) is 1. The van der Waals surface area contributed by atoms with Crippen LogP contribution in [0.2, 0.25) is 0 Å². The van der Waals surface area contributed by atoms with Crippen molar-refractivity contribution in [2.75, 3.05) is 6.61 Å². The van der Waals surface area contributed by atoms with Gasteiger partial charge in [-0.15, -0.1) is 0 Å². The Balaban J connectivity index is 2.41. The lowest BCUT2D eigenvalue weighted by Gasteiger charge is -2.07. The Morgan fingerprint density at radius 3 is 2.50 bits per heavy atom. The number of carbonyl (C=O) groups excluding carboxylic acids is 1. The molecule has 0 heterocycles. The molecule has 0 aromatic heterocycles. The van der Waals surface area contributed by atoms with Gasteiger partial charge in [-0.2, -0.15) is 0 Å². The second-order valence-corrected chi connectivity index (χ2v) is 3.82. The van der Waals surface area contributed by atoms with Gasteiger partial charge in [0.25, 0.3) is 0 Å². The Morgan fingerprint density at radius 1 is 1.11 bits per heavy atom. The van der Waals surface area contributed by atoms with Crippen LogP contribution in [0, 0.1) is 0 Å². The summed E-state index contributed by atoms with van der Waals surface area (Å²) in [5.41, 5.74) is 2.05. The van der Waals surface area contributed by atoms with E-state index >= 15 is 0 Å². The fraction of sp³-hybridized carbons (Fsp3) is 0.133. The van der Waals surface area contributed by atoms with Gasteiger partial charge < -0.3 is 9.84 Å². The first-order chi connectivity index (χ1) is 8.72. The van der Waals surface area contributed by atoms with Crippen molar-refractivity contribution < 1.29 is 14.6 Å². The average Bonchev–Trinajstić information content (AvgIpc) is 2.40. The summed E-state index contributed by atoms with van der Waals surface area (Å²) in [5.74, 6) is -0.569. The summed E-state index contributed by atoms with van der Waals surface area (Å²) in [6, 6.07) is 14.6. The van der Waals surface area contributed by atoms with E-state index in [4.69, 9.17) is 4.74 Å². The van der Waals surface area contributed by atoms with E-state index < -0.39 is 5.97 Å². The molecule has 0 bridgehead atoms. The highest BCUT2D eigenvalue weighted by atomic mass is 16.5. The van der Waals surface area contributed by atoms with Crippen LogP contribution in [0.1, 0.15) is 17.3 Å². The van der Waals surface area contributed by atoms with Crippen LogP contribution >= 0.6 is 0 Å². The fourth-order valence-electron chi connectivity index (χ4n) is 1.72. The molecule has 3 nitrogen and oxygen atoms in total. The minimum Gasteiger partial charge on any atom is -0.507 e. The monoisotopic (exact) mass is 242 g/mol. The van der Waals surface area contributed by atoms with Crippen molar-refractivity contribution in [3.8, 4) is 16.9 Å². The second kappa shape index (κ2) is 5.36. The summed E-state index contributed by atoms with van der Waals surface area (Å²) in [6.45, 7) is 2.02. The van der Waals surface area contributed by atoms with E-state index in [-0.39, 0.29) is 17.9 Å². The largest absolute Gasteiger partial charge is 0.507 e. The minimum absolute atomic E-state index is 0.0619. The Morgan fingerprint density at radius 2 is 1.83 bits per heavy atom. The number of carbonyl (C=O) groups is 1. The van der Waals surface area contributed by atoms with Crippen LogP contribution in [0.5, 0.6) is 5.75 Å². The molecule has 2 aromatic rings. The molecule has 1 N–H and O–H groups in total. The molecule has 0 spiro atoms. The van der Waals surface area contributed by atoms with E-state index in [1.807, 2.05) is 30.3 Å². The first kappa shape index (κ1) is 12.2. The molecule has 0 saturated heterocycles. The van der Waals surface area contributed by atoms with Gasteiger partial charge in [0.2, 0.25) is 0 Å². The molecule has 0 fully saturated rings. The van der Waals surface area contributed by atoms with Gasteiger partial charge in [0, 0.05) is 0 Å². The van der Waals surface area contributed by atoms with Gasteiger partial charge in [0.15, 0.2) is 0 Å². The Kier molecular flexibility index (Phi) is 3.63. The van der Waals surface area contributed by atoms with Crippen molar-refractivity contribution in [1.29, 1.82) is 0 Å².